The lowest BCUT2D eigenvalue weighted by molar-refractivity contribution is 0.0704. The largest absolute Gasteiger partial charge is 0.337 e. The van der Waals surface area contributed by atoms with Crippen LogP contribution in [-0.4, -0.2) is 43.7 Å². The molecule has 0 radical (unpaired) electrons. The number of hydrogen-bond donors (Lipinski definition) is 1. The number of piperidine rings is 1. The smallest absolute Gasteiger partial charge is 0.276 e. The van der Waals surface area contributed by atoms with Crippen molar-refractivity contribution in [2.75, 3.05) is 13.1 Å². The molecule has 27 heavy (non-hydrogen) atoms. The van der Waals surface area contributed by atoms with Gasteiger partial charge in [0.2, 0.25) is 0 Å². The molecule has 2 aromatic heterocycles. The van der Waals surface area contributed by atoms with Gasteiger partial charge < -0.3 is 10.6 Å². The number of amides is 1. The van der Waals surface area contributed by atoms with Crippen LogP contribution in [-0.2, 0) is 6.54 Å². The van der Waals surface area contributed by atoms with E-state index in [2.05, 4.69) is 39.6 Å². The third-order valence-corrected chi connectivity index (χ3v) is 5.37. The average molecular weight is 364 g/mol. The standard InChI is InChI=1S/C20H24N6O/c1-13-10-18-22-23-19(14(2)26(18)24-13)20(27)25-8-6-16(7-9-25)17-5-3-4-15(11-17)12-21/h3-5,10-11,16H,6-9,12,21H2,1-2H3. The fourth-order valence-corrected chi connectivity index (χ4v) is 3.81. The lowest BCUT2D eigenvalue weighted by Gasteiger charge is -2.32. The summed E-state index contributed by atoms with van der Waals surface area (Å²) in [6, 6.07) is 10.3. The highest BCUT2D eigenvalue weighted by Gasteiger charge is 2.27. The minimum Gasteiger partial charge on any atom is -0.337 e. The second-order valence-corrected chi connectivity index (χ2v) is 7.21. The van der Waals surface area contributed by atoms with Gasteiger partial charge in [0.25, 0.3) is 5.91 Å². The van der Waals surface area contributed by atoms with Crippen molar-refractivity contribution in [3.63, 3.8) is 0 Å². The summed E-state index contributed by atoms with van der Waals surface area (Å²) >= 11 is 0. The van der Waals surface area contributed by atoms with Crippen molar-refractivity contribution in [3.8, 4) is 0 Å². The van der Waals surface area contributed by atoms with Crippen LogP contribution < -0.4 is 5.73 Å². The molecule has 1 aliphatic rings. The summed E-state index contributed by atoms with van der Waals surface area (Å²) in [5, 5.41) is 12.7. The number of carbonyl (C=O) groups is 1. The molecule has 3 heterocycles. The number of likely N-dealkylation sites (tertiary alicyclic amines) is 1. The Balaban J connectivity index is 1.49. The monoisotopic (exact) mass is 364 g/mol. The molecular formula is C20H24N6O. The Kier molecular flexibility index (Phi) is 4.61. The molecule has 1 aliphatic heterocycles. The molecule has 140 valence electrons. The zero-order valence-electron chi connectivity index (χ0n) is 15.7. The zero-order valence-corrected chi connectivity index (χ0v) is 15.7. The fraction of sp³-hybridized carbons (Fsp3) is 0.400. The Hall–Kier alpha value is -2.80. The van der Waals surface area contributed by atoms with E-state index in [9.17, 15) is 4.79 Å². The van der Waals surface area contributed by atoms with Crippen LogP contribution in [0.5, 0.6) is 0 Å². The summed E-state index contributed by atoms with van der Waals surface area (Å²) < 4.78 is 1.70. The zero-order chi connectivity index (χ0) is 19.0. The molecule has 0 saturated carbocycles. The molecule has 0 aliphatic carbocycles. The first-order valence-corrected chi connectivity index (χ1v) is 9.34. The van der Waals surface area contributed by atoms with Gasteiger partial charge in [-0.15, -0.1) is 10.2 Å². The van der Waals surface area contributed by atoms with Gasteiger partial charge in [-0.2, -0.15) is 5.10 Å². The first-order valence-electron chi connectivity index (χ1n) is 9.34. The van der Waals surface area contributed by atoms with Gasteiger partial charge >= 0.3 is 0 Å². The number of nitrogens with zero attached hydrogens (tertiary/aromatic N) is 5. The minimum absolute atomic E-state index is 0.0655. The topological polar surface area (TPSA) is 89.4 Å². The maximum Gasteiger partial charge on any atom is 0.276 e. The van der Waals surface area contributed by atoms with Gasteiger partial charge in [-0.3, -0.25) is 4.79 Å². The third kappa shape index (κ3) is 3.30. The number of rotatable bonds is 3. The first kappa shape index (κ1) is 17.6. The molecule has 3 aromatic rings. The van der Waals surface area contributed by atoms with E-state index in [1.54, 1.807) is 4.52 Å². The first-order chi connectivity index (χ1) is 13.1. The molecule has 2 N–H and O–H groups in total. The van der Waals surface area contributed by atoms with Crippen LogP contribution in [0, 0.1) is 13.8 Å². The van der Waals surface area contributed by atoms with E-state index in [1.165, 1.54) is 5.56 Å². The van der Waals surface area contributed by atoms with E-state index in [1.807, 2.05) is 24.8 Å². The summed E-state index contributed by atoms with van der Waals surface area (Å²) in [4.78, 5) is 14.9. The molecule has 0 bridgehead atoms. The van der Waals surface area contributed by atoms with Crippen molar-refractivity contribution < 1.29 is 4.79 Å². The molecule has 0 spiro atoms. The van der Waals surface area contributed by atoms with E-state index in [4.69, 9.17) is 5.73 Å². The van der Waals surface area contributed by atoms with E-state index >= 15 is 0 Å². The quantitative estimate of drug-likeness (QED) is 0.770. The Labute approximate surface area is 158 Å². The molecule has 1 saturated heterocycles. The fourth-order valence-electron chi connectivity index (χ4n) is 3.81. The van der Waals surface area contributed by atoms with Crippen molar-refractivity contribution in [1.82, 2.24) is 24.7 Å². The molecule has 1 aromatic carbocycles. The van der Waals surface area contributed by atoms with Crippen LogP contribution in [0.15, 0.2) is 30.3 Å². The van der Waals surface area contributed by atoms with Gasteiger partial charge in [0.15, 0.2) is 11.3 Å². The van der Waals surface area contributed by atoms with Crippen LogP contribution in [0.3, 0.4) is 0 Å². The number of aryl methyl sites for hydroxylation is 2. The summed E-state index contributed by atoms with van der Waals surface area (Å²) in [5.74, 6) is 0.396. The van der Waals surface area contributed by atoms with Gasteiger partial charge in [0, 0.05) is 25.7 Å². The van der Waals surface area contributed by atoms with Crippen molar-refractivity contribution in [2.24, 2.45) is 5.73 Å². The van der Waals surface area contributed by atoms with Crippen molar-refractivity contribution in [3.05, 3.63) is 58.5 Å². The molecule has 7 heteroatoms. The van der Waals surface area contributed by atoms with E-state index in [-0.39, 0.29) is 5.91 Å². The summed E-state index contributed by atoms with van der Waals surface area (Å²) in [5.41, 5.74) is 10.9. The SMILES string of the molecule is Cc1cc2nnc(C(=O)N3CCC(c4cccc(CN)c4)CC3)c(C)n2n1. The van der Waals surface area contributed by atoms with Crippen LogP contribution in [0.1, 0.15) is 51.8 Å². The summed E-state index contributed by atoms with van der Waals surface area (Å²) in [6.07, 6.45) is 1.88. The predicted octanol–water partition coefficient (Wildman–Crippen LogP) is 2.22. The number of nitrogens with two attached hydrogens (primary N) is 1. The molecule has 0 atom stereocenters. The van der Waals surface area contributed by atoms with Gasteiger partial charge in [-0.1, -0.05) is 24.3 Å². The van der Waals surface area contributed by atoms with E-state index in [0.29, 0.717) is 36.9 Å². The Morgan fingerprint density at radius 3 is 2.70 bits per heavy atom. The maximum absolute atomic E-state index is 13.0. The van der Waals surface area contributed by atoms with Gasteiger partial charge in [-0.25, -0.2) is 4.52 Å². The lowest BCUT2D eigenvalue weighted by atomic mass is 9.88. The number of fused-ring (bicyclic) bond motifs is 1. The van der Waals surface area contributed by atoms with Crippen LogP contribution in [0.4, 0.5) is 0 Å². The Bertz CT molecular complexity index is 987. The van der Waals surface area contributed by atoms with Gasteiger partial charge in [-0.05, 0) is 43.7 Å². The van der Waals surface area contributed by atoms with E-state index in [0.717, 1.165) is 29.8 Å². The van der Waals surface area contributed by atoms with Crippen LogP contribution in [0.2, 0.25) is 0 Å². The number of benzene rings is 1. The molecule has 1 amide bonds. The average Bonchev–Trinajstić information content (AvgIpc) is 3.09. The summed E-state index contributed by atoms with van der Waals surface area (Å²) in [7, 11) is 0. The highest BCUT2D eigenvalue weighted by molar-refractivity contribution is 5.93. The van der Waals surface area contributed by atoms with Crippen molar-refractivity contribution in [2.45, 2.75) is 39.2 Å². The number of aromatic nitrogens is 4. The molecule has 1 fully saturated rings. The lowest BCUT2D eigenvalue weighted by Crippen LogP contribution is -2.39. The van der Waals surface area contributed by atoms with Crippen LogP contribution in [0.25, 0.3) is 5.65 Å². The molecule has 0 unspecified atom stereocenters. The van der Waals surface area contributed by atoms with Gasteiger partial charge in [0.05, 0.1) is 11.4 Å². The minimum atomic E-state index is -0.0655. The van der Waals surface area contributed by atoms with Gasteiger partial charge in [0.1, 0.15) is 0 Å². The predicted molar refractivity (Wildman–Crippen MR) is 102 cm³/mol. The Morgan fingerprint density at radius 1 is 1.19 bits per heavy atom. The molecule has 7 nitrogen and oxygen atoms in total. The number of carbonyl (C=O) groups excluding carboxylic acids is 1. The second kappa shape index (κ2) is 7.08. The molecule has 4 rings (SSSR count). The van der Waals surface area contributed by atoms with E-state index < -0.39 is 0 Å². The highest BCUT2D eigenvalue weighted by Crippen LogP contribution is 2.29. The van der Waals surface area contributed by atoms with Crippen molar-refractivity contribution >= 4 is 11.6 Å². The highest BCUT2D eigenvalue weighted by atomic mass is 16.2. The molecular weight excluding hydrogens is 340 g/mol. The normalized spacial score (nSPS) is 15.4. The Morgan fingerprint density at radius 2 is 1.96 bits per heavy atom. The summed E-state index contributed by atoms with van der Waals surface area (Å²) in [6.45, 7) is 5.76. The van der Waals surface area contributed by atoms with Crippen molar-refractivity contribution in [1.29, 1.82) is 0 Å². The second-order valence-electron chi connectivity index (χ2n) is 7.21. The van der Waals surface area contributed by atoms with Crippen LogP contribution >= 0.6 is 0 Å². The maximum atomic E-state index is 13.0. The third-order valence-electron chi connectivity index (χ3n) is 5.37. The number of hydrogen-bond acceptors (Lipinski definition) is 5.